The van der Waals surface area contributed by atoms with Crippen LogP contribution in [0.2, 0.25) is 0 Å². The fourth-order valence-electron chi connectivity index (χ4n) is 4.53. The molecule has 35 heavy (non-hydrogen) atoms. The summed E-state index contributed by atoms with van der Waals surface area (Å²) in [5, 5.41) is 8.01. The Labute approximate surface area is 206 Å². The summed E-state index contributed by atoms with van der Waals surface area (Å²) in [6.45, 7) is 4.15. The van der Waals surface area contributed by atoms with Crippen LogP contribution in [0.4, 0.5) is 11.4 Å². The van der Waals surface area contributed by atoms with Gasteiger partial charge in [0.05, 0.1) is 22.4 Å². The van der Waals surface area contributed by atoms with Gasteiger partial charge in [-0.3, -0.25) is 19.6 Å². The van der Waals surface area contributed by atoms with E-state index >= 15 is 0 Å². The lowest BCUT2D eigenvalue weighted by atomic mass is 9.76. The molecule has 2 N–H and O–H groups in total. The number of benzene rings is 2. The predicted octanol–water partition coefficient (Wildman–Crippen LogP) is 6.73. The SMILES string of the molecule is CCCCC(CCCC)(C(=O)Nc1cccc2cccnc12)C(=O)Nc1cccc2cccnc12. The molecular weight excluding hydrogens is 436 g/mol. The van der Waals surface area contributed by atoms with Gasteiger partial charge in [-0.25, -0.2) is 0 Å². The molecule has 0 aliphatic heterocycles. The van der Waals surface area contributed by atoms with Gasteiger partial charge >= 0.3 is 0 Å². The zero-order valence-corrected chi connectivity index (χ0v) is 20.4. The lowest BCUT2D eigenvalue weighted by Crippen LogP contribution is -2.46. The average Bonchev–Trinajstić information content (AvgIpc) is 2.89. The minimum atomic E-state index is -1.21. The number of hydrogen-bond donors (Lipinski definition) is 2. The van der Waals surface area contributed by atoms with Gasteiger partial charge in [-0.2, -0.15) is 0 Å². The van der Waals surface area contributed by atoms with Crippen molar-refractivity contribution in [3.05, 3.63) is 73.1 Å². The number of nitrogens with one attached hydrogen (secondary N) is 2. The van der Waals surface area contributed by atoms with E-state index in [1.54, 1.807) is 12.4 Å². The molecule has 0 radical (unpaired) electrons. The molecule has 0 unspecified atom stereocenters. The van der Waals surface area contributed by atoms with Gasteiger partial charge in [0.1, 0.15) is 5.41 Å². The number of carbonyl (C=O) groups is 2. The third-order valence-electron chi connectivity index (χ3n) is 6.55. The maximum atomic E-state index is 14.0. The largest absolute Gasteiger partial charge is 0.323 e. The third kappa shape index (κ3) is 5.16. The van der Waals surface area contributed by atoms with Crippen LogP contribution in [0.1, 0.15) is 52.4 Å². The van der Waals surface area contributed by atoms with Crippen molar-refractivity contribution in [3.63, 3.8) is 0 Å². The van der Waals surface area contributed by atoms with Crippen LogP contribution in [0, 0.1) is 5.41 Å². The highest BCUT2D eigenvalue weighted by Crippen LogP contribution is 2.36. The number of aromatic nitrogens is 2. The van der Waals surface area contributed by atoms with Gasteiger partial charge in [0.15, 0.2) is 0 Å². The van der Waals surface area contributed by atoms with Crippen LogP contribution in [0.3, 0.4) is 0 Å². The Morgan fingerprint density at radius 1 is 0.686 bits per heavy atom. The molecule has 2 aromatic carbocycles. The van der Waals surface area contributed by atoms with Crippen molar-refractivity contribution in [1.82, 2.24) is 9.97 Å². The van der Waals surface area contributed by atoms with E-state index in [2.05, 4.69) is 34.4 Å². The van der Waals surface area contributed by atoms with E-state index < -0.39 is 5.41 Å². The van der Waals surface area contributed by atoms with Crippen molar-refractivity contribution in [3.8, 4) is 0 Å². The molecule has 0 aliphatic carbocycles. The van der Waals surface area contributed by atoms with E-state index in [4.69, 9.17) is 0 Å². The lowest BCUT2D eigenvalue weighted by Gasteiger charge is -2.31. The predicted molar refractivity (Wildman–Crippen MR) is 142 cm³/mol. The van der Waals surface area contributed by atoms with Crippen LogP contribution in [0.25, 0.3) is 21.8 Å². The highest BCUT2D eigenvalue weighted by atomic mass is 16.2. The summed E-state index contributed by atoms with van der Waals surface area (Å²) in [6.07, 6.45) is 7.67. The number of para-hydroxylation sites is 2. The average molecular weight is 469 g/mol. The minimum Gasteiger partial charge on any atom is -0.323 e. The topological polar surface area (TPSA) is 84.0 Å². The number of anilines is 2. The first-order valence-electron chi connectivity index (χ1n) is 12.4. The summed E-state index contributed by atoms with van der Waals surface area (Å²) in [6, 6.07) is 19.0. The Hall–Kier alpha value is -3.80. The van der Waals surface area contributed by atoms with Crippen LogP contribution in [-0.2, 0) is 9.59 Å². The van der Waals surface area contributed by atoms with Gasteiger partial charge < -0.3 is 10.6 Å². The molecule has 0 atom stereocenters. The van der Waals surface area contributed by atoms with Gasteiger partial charge in [0, 0.05) is 23.2 Å². The summed E-state index contributed by atoms with van der Waals surface area (Å²) >= 11 is 0. The van der Waals surface area contributed by atoms with Crippen LogP contribution >= 0.6 is 0 Å². The molecule has 2 heterocycles. The summed E-state index contributed by atoms with van der Waals surface area (Å²) in [4.78, 5) is 36.9. The van der Waals surface area contributed by atoms with E-state index in [9.17, 15) is 9.59 Å². The van der Waals surface area contributed by atoms with Crippen LogP contribution in [-0.4, -0.2) is 21.8 Å². The summed E-state index contributed by atoms with van der Waals surface area (Å²) in [7, 11) is 0. The third-order valence-corrected chi connectivity index (χ3v) is 6.55. The van der Waals surface area contributed by atoms with Crippen molar-refractivity contribution < 1.29 is 9.59 Å². The molecule has 180 valence electrons. The second-order valence-corrected chi connectivity index (χ2v) is 8.96. The van der Waals surface area contributed by atoms with Crippen LogP contribution < -0.4 is 10.6 Å². The molecule has 0 saturated carbocycles. The van der Waals surface area contributed by atoms with Crippen molar-refractivity contribution in [2.75, 3.05) is 10.6 Å². The number of amides is 2. The fourth-order valence-corrected chi connectivity index (χ4v) is 4.53. The van der Waals surface area contributed by atoms with Gasteiger partial charge in [-0.1, -0.05) is 75.9 Å². The molecule has 6 nitrogen and oxygen atoms in total. The van der Waals surface area contributed by atoms with Crippen LogP contribution in [0.5, 0.6) is 0 Å². The van der Waals surface area contributed by atoms with Crippen LogP contribution in [0.15, 0.2) is 73.1 Å². The monoisotopic (exact) mass is 468 g/mol. The second-order valence-electron chi connectivity index (χ2n) is 8.96. The number of pyridine rings is 2. The fraction of sp³-hybridized carbons (Fsp3) is 0.310. The Morgan fingerprint density at radius 2 is 1.11 bits per heavy atom. The summed E-state index contributed by atoms with van der Waals surface area (Å²) in [5.74, 6) is -0.577. The van der Waals surface area contributed by atoms with Crippen molar-refractivity contribution in [1.29, 1.82) is 0 Å². The summed E-state index contributed by atoms with van der Waals surface area (Å²) in [5.41, 5.74) is 1.44. The standard InChI is InChI=1S/C29H32N4O2/c1-3-5-17-29(18-6-4-2,27(34)32-23-15-7-11-21-13-9-19-30-25(21)23)28(35)33-24-16-8-12-22-14-10-20-31-26(22)24/h7-16,19-20H,3-6,17-18H2,1-2H3,(H,32,34)(H,33,35). The number of nitrogens with zero attached hydrogens (tertiary/aromatic N) is 2. The van der Waals surface area contributed by atoms with Gasteiger partial charge in [0.25, 0.3) is 0 Å². The maximum Gasteiger partial charge on any atom is 0.240 e. The Balaban J connectivity index is 1.72. The van der Waals surface area contributed by atoms with Gasteiger partial charge in [-0.05, 0) is 37.1 Å². The lowest BCUT2D eigenvalue weighted by molar-refractivity contribution is -0.138. The molecule has 2 aromatic heterocycles. The second kappa shape index (κ2) is 11.1. The van der Waals surface area contributed by atoms with Crippen molar-refractivity contribution in [2.45, 2.75) is 52.4 Å². The van der Waals surface area contributed by atoms with E-state index in [0.29, 0.717) is 35.2 Å². The molecule has 0 spiro atoms. The maximum absolute atomic E-state index is 14.0. The van der Waals surface area contributed by atoms with E-state index in [1.165, 1.54) is 0 Å². The first-order valence-corrected chi connectivity index (χ1v) is 12.4. The number of hydrogen-bond acceptors (Lipinski definition) is 4. The number of rotatable bonds is 10. The van der Waals surface area contributed by atoms with Gasteiger partial charge in [0.2, 0.25) is 11.8 Å². The van der Waals surface area contributed by atoms with Crippen molar-refractivity contribution >= 4 is 45.0 Å². The molecule has 4 aromatic rings. The molecule has 6 heteroatoms. The molecule has 0 bridgehead atoms. The molecule has 2 amide bonds. The van der Waals surface area contributed by atoms with E-state index in [-0.39, 0.29) is 11.8 Å². The Morgan fingerprint density at radius 3 is 1.54 bits per heavy atom. The molecule has 4 rings (SSSR count). The zero-order valence-electron chi connectivity index (χ0n) is 20.4. The van der Waals surface area contributed by atoms with E-state index in [1.807, 2.05) is 60.7 Å². The highest BCUT2D eigenvalue weighted by Gasteiger charge is 2.45. The van der Waals surface area contributed by atoms with E-state index in [0.717, 1.165) is 36.5 Å². The van der Waals surface area contributed by atoms with Gasteiger partial charge in [-0.15, -0.1) is 0 Å². The molecule has 0 saturated heterocycles. The smallest absolute Gasteiger partial charge is 0.240 e. The first kappa shape index (κ1) is 24.3. The Bertz CT molecular complexity index is 1220. The molecule has 0 fully saturated rings. The summed E-state index contributed by atoms with van der Waals surface area (Å²) < 4.78 is 0. The number of unbranched alkanes of at least 4 members (excludes halogenated alkanes) is 2. The minimum absolute atomic E-state index is 0.289. The number of carbonyl (C=O) groups excluding carboxylic acids is 2. The first-order chi connectivity index (χ1) is 17.1. The zero-order chi connectivity index (χ0) is 24.7. The molecule has 0 aliphatic rings. The number of fused-ring (bicyclic) bond motifs is 2. The van der Waals surface area contributed by atoms with Crippen molar-refractivity contribution in [2.24, 2.45) is 5.41 Å². The highest BCUT2D eigenvalue weighted by molar-refractivity contribution is 6.17. The Kier molecular flexibility index (Phi) is 7.70. The normalized spacial score (nSPS) is 11.5. The molecular formula is C29H32N4O2. The quantitative estimate of drug-likeness (QED) is 0.253.